The van der Waals surface area contributed by atoms with E-state index in [2.05, 4.69) is 15.9 Å². The number of benzene rings is 1. The van der Waals surface area contributed by atoms with Crippen molar-refractivity contribution in [2.24, 2.45) is 0 Å². The molecule has 1 aromatic rings. The summed E-state index contributed by atoms with van der Waals surface area (Å²) >= 11 is 3.37. The molecule has 0 aromatic heterocycles. The molecular formula is C12H18BrNO3. The quantitative estimate of drug-likeness (QED) is 0.592. The number of anilines is 1. The first-order valence-corrected chi connectivity index (χ1v) is 6.27. The van der Waals surface area contributed by atoms with E-state index in [-0.39, 0.29) is 0 Å². The van der Waals surface area contributed by atoms with Gasteiger partial charge in [0.05, 0.1) is 19.8 Å². The largest absolute Gasteiger partial charge is 0.493 e. The normalized spacial score (nSPS) is 10.5. The van der Waals surface area contributed by atoms with Gasteiger partial charge in [0.2, 0.25) is 0 Å². The molecule has 4 nitrogen and oxygen atoms in total. The van der Waals surface area contributed by atoms with Gasteiger partial charge in [-0.3, -0.25) is 0 Å². The molecule has 0 radical (unpaired) electrons. The zero-order chi connectivity index (χ0) is 12.5. The Hall–Kier alpha value is -0.780. The maximum atomic E-state index is 5.70. The molecule has 0 aliphatic heterocycles. The molecule has 0 amide bonds. The fourth-order valence-electron chi connectivity index (χ4n) is 1.26. The molecular weight excluding hydrogens is 286 g/mol. The van der Waals surface area contributed by atoms with Gasteiger partial charge in [0.15, 0.2) is 0 Å². The van der Waals surface area contributed by atoms with Crippen molar-refractivity contribution < 1.29 is 14.2 Å². The molecule has 0 saturated heterocycles. The van der Waals surface area contributed by atoms with Crippen LogP contribution < -0.4 is 10.5 Å². The van der Waals surface area contributed by atoms with E-state index in [0.717, 1.165) is 16.6 Å². The summed E-state index contributed by atoms with van der Waals surface area (Å²) < 4.78 is 16.7. The van der Waals surface area contributed by atoms with Crippen LogP contribution in [0.3, 0.4) is 0 Å². The minimum atomic E-state index is 0.614. The molecule has 2 N–H and O–H groups in total. The Balaban J connectivity index is 2.13. The van der Waals surface area contributed by atoms with Crippen LogP contribution in [-0.2, 0) is 9.47 Å². The van der Waals surface area contributed by atoms with Crippen molar-refractivity contribution in [3.05, 3.63) is 22.7 Å². The number of hydrogen-bond donors (Lipinski definition) is 1. The predicted octanol–water partition coefficient (Wildman–Crippen LogP) is 2.46. The van der Waals surface area contributed by atoms with Gasteiger partial charge in [-0.25, -0.2) is 0 Å². The topological polar surface area (TPSA) is 53.7 Å². The molecule has 17 heavy (non-hydrogen) atoms. The molecule has 0 unspecified atom stereocenters. The smallest absolute Gasteiger partial charge is 0.122 e. The first-order valence-electron chi connectivity index (χ1n) is 5.48. The summed E-state index contributed by atoms with van der Waals surface area (Å²) in [6.45, 7) is 2.54. The van der Waals surface area contributed by atoms with Gasteiger partial charge in [0, 0.05) is 36.4 Å². The van der Waals surface area contributed by atoms with Gasteiger partial charge in [-0.2, -0.15) is 0 Å². The molecule has 0 fully saturated rings. The van der Waals surface area contributed by atoms with E-state index in [0.29, 0.717) is 32.1 Å². The van der Waals surface area contributed by atoms with E-state index in [9.17, 15) is 0 Å². The molecule has 5 heteroatoms. The summed E-state index contributed by atoms with van der Waals surface area (Å²) in [6, 6.07) is 5.53. The second-order valence-electron chi connectivity index (χ2n) is 3.53. The Morgan fingerprint density at radius 2 is 1.94 bits per heavy atom. The molecule has 0 saturated carbocycles. The zero-order valence-corrected chi connectivity index (χ0v) is 11.5. The average molecular weight is 304 g/mol. The van der Waals surface area contributed by atoms with E-state index in [1.165, 1.54) is 0 Å². The number of ether oxygens (including phenoxy) is 3. The number of methoxy groups -OCH3 is 1. The highest BCUT2D eigenvalue weighted by atomic mass is 79.9. The first kappa shape index (κ1) is 14.3. The van der Waals surface area contributed by atoms with Crippen molar-refractivity contribution in [3.8, 4) is 5.75 Å². The Labute approximate surface area is 110 Å². The molecule has 1 aromatic carbocycles. The van der Waals surface area contributed by atoms with Gasteiger partial charge in [-0.1, -0.05) is 15.9 Å². The van der Waals surface area contributed by atoms with Crippen LogP contribution in [0.25, 0.3) is 0 Å². The number of hydrogen-bond acceptors (Lipinski definition) is 4. The second-order valence-corrected chi connectivity index (χ2v) is 4.44. The number of nitrogens with two attached hydrogens (primary N) is 1. The van der Waals surface area contributed by atoms with Gasteiger partial charge in [0.1, 0.15) is 5.75 Å². The van der Waals surface area contributed by atoms with Gasteiger partial charge in [0.25, 0.3) is 0 Å². The summed E-state index contributed by atoms with van der Waals surface area (Å²) in [7, 11) is 1.66. The maximum Gasteiger partial charge on any atom is 0.122 e. The zero-order valence-electron chi connectivity index (χ0n) is 9.95. The number of rotatable bonds is 8. The lowest BCUT2D eigenvalue weighted by molar-refractivity contribution is 0.0644. The van der Waals surface area contributed by atoms with Crippen LogP contribution in [0.15, 0.2) is 22.7 Å². The van der Waals surface area contributed by atoms with Crippen LogP contribution >= 0.6 is 15.9 Å². The Kier molecular flexibility index (Phi) is 7.00. The predicted molar refractivity (Wildman–Crippen MR) is 71.4 cm³/mol. The summed E-state index contributed by atoms with van der Waals surface area (Å²) in [6.07, 6.45) is 0.843. The van der Waals surface area contributed by atoms with E-state index in [1.54, 1.807) is 13.2 Å². The maximum absolute atomic E-state index is 5.70. The van der Waals surface area contributed by atoms with Crippen LogP contribution in [-0.4, -0.2) is 33.5 Å². The summed E-state index contributed by atoms with van der Waals surface area (Å²) in [4.78, 5) is 0. The van der Waals surface area contributed by atoms with Crippen molar-refractivity contribution >= 4 is 21.6 Å². The molecule has 0 bridgehead atoms. The lowest BCUT2D eigenvalue weighted by atomic mass is 10.3. The van der Waals surface area contributed by atoms with Crippen LogP contribution in [0.4, 0.5) is 5.69 Å². The molecule has 0 aliphatic rings. The average Bonchev–Trinajstić information content (AvgIpc) is 2.26. The van der Waals surface area contributed by atoms with E-state index in [4.69, 9.17) is 19.9 Å². The van der Waals surface area contributed by atoms with Gasteiger partial charge in [-0.15, -0.1) is 0 Å². The monoisotopic (exact) mass is 303 g/mol. The molecule has 0 spiro atoms. The fraction of sp³-hybridized carbons (Fsp3) is 0.500. The second kappa shape index (κ2) is 8.33. The van der Waals surface area contributed by atoms with E-state index < -0.39 is 0 Å². The van der Waals surface area contributed by atoms with Crippen LogP contribution in [0.1, 0.15) is 6.42 Å². The Morgan fingerprint density at radius 3 is 2.65 bits per heavy atom. The van der Waals surface area contributed by atoms with Crippen molar-refractivity contribution in [2.45, 2.75) is 6.42 Å². The molecule has 96 valence electrons. The number of nitrogen functional groups attached to an aromatic ring is 1. The summed E-state index contributed by atoms with van der Waals surface area (Å²) in [5, 5.41) is 0. The van der Waals surface area contributed by atoms with Gasteiger partial charge < -0.3 is 19.9 Å². The molecule has 1 rings (SSSR count). The highest BCUT2D eigenvalue weighted by Gasteiger charge is 1.98. The molecule has 0 aliphatic carbocycles. The summed E-state index contributed by atoms with van der Waals surface area (Å²) in [5.41, 5.74) is 6.38. The minimum absolute atomic E-state index is 0.614. The number of halogens is 1. The van der Waals surface area contributed by atoms with Crippen molar-refractivity contribution in [2.75, 3.05) is 39.3 Å². The molecule has 0 atom stereocenters. The third-order valence-corrected chi connectivity index (χ3v) is 2.49. The Bertz CT molecular complexity index is 313. The minimum Gasteiger partial charge on any atom is -0.493 e. The third-order valence-electron chi connectivity index (χ3n) is 2.03. The van der Waals surface area contributed by atoms with Crippen LogP contribution in [0, 0.1) is 0 Å². The van der Waals surface area contributed by atoms with Crippen LogP contribution in [0.5, 0.6) is 5.75 Å². The molecule has 0 heterocycles. The van der Waals surface area contributed by atoms with Crippen molar-refractivity contribution in [3.63, 3.8) is 0 Å². The standard InChI is InChI=1S/C12H18BrNO3/c1-15-5-6-16-3-2-4-17-12-8-10(13)7-11(14)9-12/h7-9H,2-6,14H2,1H3. The Morgan fingerprint density at radius 1 is 1.12 bits per heavy atom. The van der Waals surface area contributed by atoms with Gasteiger partial charge in [-0.05, 0) is 12.1 Å². The highest BCUT2D eigenvalue weighted by Crippen LogP contribution is 2.22. The van der Waals surface area contributed by atoms with Gasteiger partial charge >= 0.3 is 0 Å². The third kappa shape index (κ3) is 6.51. The lowest BCUT2D eigenvalue weighted by Crippen LogP contribution is -2.06. The fourth-order valence-corrected chi connectivity index (χ4v) is 1.75. The lowest BCUT2D eigenvalue weighted by Gasteiger charge is -2.08. The van der Waals surface area contributed by atoms with Crippen molar-refractivity contribution in [1.29, 1.82) is 0 Å². The first-order chi connectivity index (χ1) is 8.22. The van der Waals surface area contributed by atoms with E-state index >= 15 is 0 Å². The highest BCUT2D eigenvalue weighted by molar-refractivity contribution is 9.10. The SMILES string of the molecule is COCCOCCCOc1cc(N)cc(Br)c1. The van der Waals surface area contributed by atoms with Crippen molar-refractivity contribution in [1.82, 2.24) is 0 Å². The summed E-state index contributed by atoms with van der Waals surface area (Å²) in [5.74, 6) is 0.772. The van der Waals surface area contributed by atoms with E-state index in [1.807, 2.05) is 12.1 Å². The van der Waals surface area contributed by atoms with Crippen LogP contribution in [0.2, 0.25) is 0 Å².